The van der Waals surface area contributed by atoms with Crippen molar-refractivity contribution in [3.63, 3.8) is 0 Å². The highest BCUT2D eigenvalue weighted by Gasteiger charge is 2.65. The van der Waals surface area contributed by atoms with E-state index < -0.39 is 11.0 Å². The minimum atomic E-state index is -0.568. The summed E-state index contributed by atoms with van der Waals surface area (Å²) in [6.45, 7) is 6.27. The van der Waals surface area contributed by atoms with Gasteiger partial charge in [-0.1, -0.05) is 24.3 Å². The van der Waals surface area contributed by atoms with E-state index in [9.17, 15) is 4.79 Å². The Balaban J connectivity index is 1.98. The van der Waals surface area contributed by atoms with Gasteiger partial charge in [0.25, 0.3) is 0 Å². The van der Waals surface area contributed by atoms with Crippen molar-refractivity contribution < 1.29 is 4.79 Å². The fraction of sp³-hybridized carbons (Fsp3) is 0.350. The number of allylic oxidation sites excluding steroid dienone is 1. The fourth-order valence-corrected chi connectivity index (χ4v) is 5.91. The van der Waals surface area contributed by atoms with Crippen LogP contribution in [0.15, 0.2) is 51.6 Å². The zero-order valence-electron chi connectivity index (χ0n) is 14.8. The molecule has 1 amide bonds. The second-order valence-corrected chi connectivity index (χ2v) is 9.77. The zero-order valence-corrected chi connectivity index (χ0v) is 17.2. The van der Waals surface area contributed by atoms with Crippen molar-refractivity contribution in [3.05, 3.63) is 67.6 Å². The Morgan fingerprint density at radius 3 is 2.56 bits per heavy atom. The van der Waals surface area contributed by atoms with Gasteiger partial charge in [0, 0.05) is 11.9 Å². The van der Waals surface area contributed by atoms with Crippen molar-refractivity contribution in [3.8, 4) is 0 Å². The number of amides is 1. The molecule has 0 radical (unpaired) electrons. The maximum Gasteiger partial charge on any atom is 0.241 e. The van der Waals surface area contributed by atoms with Crippen molar-refractivity contribution in [2.24, 2.45) is 0 Å². The van der Waals surface area contributed by atoms with Gasteiger partial charge in [0.15, 0.2) is 0 Å². The topological polar surface area (TPSA) is 32.3 Å². The van der Waals surface area contributed by atoms with E-state index in [1.54, 1.807) is 16.2 Å². The molecule has 4 rings (SSSR count). The van der Waals surface area contributed by atoms with E-state index in [2.05, 4.69) is 58.5 Å². The van der Waals surface area contributed by atoms with Gasteiger partial charge < -0.3 is 10.2 Å². The van der Waals surface area contributed by atoms with Crippen LogP contribution in [-0.2, 0) is 22.2 Å². The smallest absolute Gasteiger partial charge is 0.241 e. The lowest BCUT2D eigenvalue weighted by Crippen LogP contribution is -2.72. The van der Waals surface area contributed by atoms with Gasteiger partial charge in [0.2, 0.25) is 5.91 Å². The molecule has 0 bridgehead atoms. The van der Waals surface area contributed by atoms with Crippen molar-refractivity contribution in [2.75, 3.05) is 7.05 Å². The summed E-state index contributed by atoms with van der Waals surface area (Å²) in [6.07, 6.45) is 0.765. The first kappa shape index (κ1) is 16.9. The van der Waals surface area contributed by atoms with Gasteiger partial charge >= 0.3 is 0 Å². The van der Waals surface area contributed by atoms with E-state index >= 15 is 0 Å². The largest absolute Gasteiger partial charge is 0.360 e. The van der Waals surface area contributed by atoms with E-state index in [0.29, 0.717) is 0 Å². The van der Waals surface area contributed by atoms with Crippen LogP contribution >= 0.6 is 27.3 Å². The molecule has 1 aliphatic heterocycles. The number of hydrogen-bond acceptors (Lipinski definition) is 3. The molecule has 5 heteroatoms. The lowest BCUT2D eigenvalue weighted by atomic mass is 9.52. The van der Waals surface area contributed by atoms with Crippen molar-refractivity contribution in [2.45, 2.75) is 38.1 Å². The van der Waals surface area contributed by atoms with Gasteiger partial charge in [-0.3, -0.25) is 4.79 Å². The maximum absolute atomic E-state index is 13.6. The SMILES string of the molecule is CC(C)=C1NC(C)(c2ccc(Br)s2)C2(Cc3ccccc32)C(=O)N1C. The molecule has 1 aromatic carbocycles. The van der Waals surface area contributed by atoms with E-state index in [1.165, 1.54) is 10.4 Å². The summed E-state index contributed by atoms with van der Waals surface area (Å²) in [6, 6.07) is 12.5. The summed E-state index contributed by atoms with van der Waals surface area (Å²) in [4.78, 5) is 16.6. The first-order valence-corrected chi connectivity index (χ1v) is 10.0. The average molecular weight is 417 g/mol. The van der Waals surface area contributed by atoms with Crippen LogP contribution in [0.1, 0.15) is 36.8 Å². The van der Waals surface area contributed by atoms with E-state index in [4.69, 9.17) is 0 Å². The molecule has 130 valence electrons. The molecule has 2 aliphatic rings. The second-order valence-electron chi connectivity index (χ2n) is 7.31. The van der Waals surface area contributed by atoms with Crippen LogP contribution in [0.3, 0.4) is 0 Å². The highest BCUT2D eigenvalue weighted by Crippen LogP contribution is 2.57. The molecule has 3 nitrogen and oxygen atoms in total. The Morgan fingerprint density at radius 1 is 1.24 bits per heavy atom. The molecule has 1 fully saturated rings. The summed E-state index contributed by atoms with van der Waals surface area (Å²) >= 11 is 5.28. The van der Waals surface area contributed by atoms with Gasteiger partial charge in [-0.25, -0.2) is 0 Å². The Hall–Kier alpha value is -1.59. The summed E-state index contributed by atoms with van der Waals surface area (Å²) in [7, 11) is 1.88. The predicted octanol–water partition coefficient (Wildman–Crippen LogP) is 4.53. The molecule has 1 aliphatic carbocycles. The third-order valence-electron chi connectivity index (χ3n) is 5.70. The van der Waals surface area contributed by atoms with Crippen LogP contribution in [0.25, 0.3) is 0 Å². The number of rotatable bonds is 1. The fourth-order valence-electron chi connectivity index (χ4n) is 4.35. The molecule has 1 N–H and O–H groups in total. The number of fused-ring (bicyclic) bond motifs is 2. The predicted molar refractivity (Wildman–Crippen MR) is 105 cm³/mol. The lowest BCUT2D eigenvalue weighted by molar-refractivity contribution is -0.143. The normalized spacial score (nSPS) is 27.8. The quantitative estimate of drug-likeness (QED) is 0.740. The van der Waals surface area contributed by atoms with Crippen LogP contribution in [0.4, 0.5) is 0 Å². The number of nitrogens with zero attached hydrogens (tertiary/aromatic N) is 1. The first-order chi connectivity index (χ1) is 11.8. The standard InChI is InChI=1S/C20H21BrN2OS/c1-12(2)17-22-19(3,15-9-10-16(21)25-15)20(18(24)23(17)4)11-13-7-5-6-8-14(13)20/h5-10,22H,11H2,1-4H3. The Labute approximate surface area is 160 Å². The number of benzene rings is 1. The van der Waals surface area contributed by atoms with Gasteiger partial charge in [-0.05, 0) is 72.0 Å². The minimum Gasteiger partial charge on any atom is -0.360 e. The number of nitrogens with one attached hydrogen (secondary N) is 1. The van der Waals surface area contributed by atoms with Gasteiger partial charge in [0.05, 0.1) is 9.33 Å². The maximum atomic E-state index is 13.6. The number of likely N-dealkylation sites (N-methyl/N-ethyl adjacent to an activating group) is 1. The van der Waals surface area contributed by atoms with Crippen molar-refractivity contribution in [1.29, 1.82) is 0 Å². The number of hydrogen-bond donors (Lipinski definition) is 1. The average Bonchev–Trinajstić information content (AvgIpc) is 2.99. The zero-order chi connectivity index (χ0) is 18.0. The van der Waals surface area contributed by atoms with E-state index in [1.807, 2.05) is 27.0 Å². The number of thiophene rings is 1. The molecule has 1 aromatic heterocycles. The molecule has 2 atom stereocenters. The summed E-state index contributed by atoms with van der Waals surface area (Å²) in [5.74, 6) is 1.08. The number of carbonyl (C=O) groups is 1. The van der Waals surface area contributed by atoms with E-state index in [0.717, 1.165) is 27.2 Å². The molecule has 25 heavy (non-hydrogen) atoms. The third-order valence-corrected chi connectivity index (χ3v) is 7.54. The molecule has 2 aromatic rings. The van der Waals surface area contributed by atoms with Crippen LogP contribution < -0.4 is 5.32 Å². The molecule has 2 unspecified atom stereocenters. The monoisotopic (exact) mass is 416 g/mol. The molecule has 1 saturated heterocycles. The van der Waals surface area contributed by atoms with Gasteiger partial charge in [0.1, 0.15) is 11.2 Å². The van der Waals surface area contributed by atoms with Gasteiger partial charge in [-0.15, -0.1) is 11.3 Å². The minimum absolute atomic E-state index is 0.174. The molecule has 0 saturated carbocycles. The molecular weight excluding hydrogens is 396 g/mol. The van der Waals surface area contributed by atoms with Crippen LogP contribution in [-0.4, -0.2) is 17.9 Å². The molecular formula is C20H21BrN2OS. The number of halogens is 1. The third kappa shape index (κ3) is 2.05. The van der Waals surface area contributed by atoms with Crippen molar-refractivity contribution in [1.82, 2.24) is 10.2 Å². The number of carbonyl (C=O) groups excluding carboxylic acids is 1. The summed E-state index contributed by atoms with van der Waals surface area (Å²) in [5, 5.41) is 3.75. The van der Waals surface area contributed by atoms with Crippen LogP contribution in [0.2, 0.25) is 0 Å². The molecule has 1 spiro atoms. The Bertz CT molecular complexity index is 914. The molecule has 2 heterocycles. The van der Waals surface area contributed by atoms with Gasteiger partial charge in [-0.2, -0.15) is 0 Å². The Morgan fingerprint density at radius 2 is 1.96 bits per heavy atom. The second kappa shape index (κ2) is 5.45. The summed E-state index contributed by atoms with van der Waals surface area (Å²) in [5.41, 5.74) is 2.49. The van der Waals surface area contributed by atoms with Crippen LogP contribution in [0.5, 0.6) is 0 Å². The van der Waals surface area contributed by atoms with Crippen LogP contribution in [0, 0.1) is 0 Å². The highest BCUT2D eigenvalue weighted by atomic mass is 79.9. The van der Waals surface area contributed by atoms with E-state index in [-0.39, 0.29) is 5.91 Å². The van der Waals surface area contributed by atoms with Crippen molar-refractivity contribution >= 4 is 33.2 Å². The Kier molecular flexibility index (Phi) is 3.68. The lowest BCUT2D eigenvalue weighted by Gasteiger charge is -2.59. The first-order valence-electron chi connectivity index (χ1n) is 8.39. The summed E-state index contributed by atoms with van der Waals surface area (Å²) < 4.78 is 1.08. The highest BCUT2D eigenvalue weighted by molar-refractivity contribution is 9.11.